The Kier molecular flexibility index (Phi) is 4.32. The summed E-state index contributed by atoms with van der Waals surface area (Å²) >= 11 is 1.25. The van der Waals surface area contributed by atoms with Gasteiger partial charge in [-0.1, -0.05) is 42.5 Å². The van der Waals surface area contributed by atoms with Gasteiger partial charge in [0.25, 0.3) is 0 Å². The standard InChI is InChI=1S/C18H17NO4S/c1-18(10-6-5-9-13(18)17(22)23)24-14-11-15(20)19(16(14)21)12-7-3-2-4-8-12/h2-10,13-14H,11H2,1H3,(H,22,23). The quantitative estimate of drug-likeness (QED) is 0.851. The normalized spacial score (nSPS) is 29.3. The zero-order valence-corrected chi connectivity index (χ0v) is 13.9. The van der Waals surface area contributed by atoms with Gasteiger partial charge in [0, 0.05) is 11.2 Å². The number of imide groups is 1. The Morgan fingerprint density at radius 2 is 1.96 bits per heavy atom. The van der Waals surface area contributed by atoms with E-state index in [2.05, 4.69) is 0 Å². The molecule has 1 aliphatic carbocycles. The fourth-order valence-electron chi connectivity index (χ4n) is 3.01. The van der Waals surface area contributed by atoms with E-state index in [1.165, 1.54) is 16.7 Å². The molecule has 0 radical (unpaired) electrons. The molecule has 3 unspecified atom stereocenters. The Morgan fingerprint density at radius 1 is 1.25 bits per heavy atom. The summed E-state index contributed by atoms with van der Waals surface area (Å²) in [4.78, 5) is 37.7. The van der Waals surface area contributed by atoms with Gasteiger partial charge in [-0.2, -0.15) is 0 Å². The molecule has 124 valence electrons. The van der Waals surface area contributed by atoms with E-state index in [-0.39, 0.29) is 18.2 Å². The van der Waals surface area contributed by atoms with Gasteiger partial charge in [-0.05, 0) is 19.1 Å². The zero-order valence-electron chi connectivity index (χ0n) is 13.1. The first-order valence-corrected chi connectivity index (χ1v) is 8.49. The number of nitrogens with zero attached hydrogens (tertiary/aromatic N) is 1. The maximum absolute atomic E-state index is 12.7. The van der Waals surface area contributed by atoms with Crippen molar-refractivity contribution in [2.24, 2.45) is 5.92 Å². The first-order valence-electron chi connectivity index (χ1n) is 7.61. The molecule has 3 atom stereocenters. The van der Waals surface area contributed by atoms with Crippen LogP contribution in [0.25, 0.3) is 0 Å². The highest BCUT2D eigenvalue weighted by Crippen LogP contribution is 2.43. The number of allylic oxidation sites excluding steroid dienone is 2. The second-order valence-electron chi connectivity index (χ2n) is 5.96. The lowest BCUT2D eigenvalue weighted by atomic mass is 9.89. The molecule has 0 bridgehead atoms. The van der Waals surface area contributed by atoms with Crippen molar-refractivity contribution in [1.29, 1.82) is 0 Å². The molecular formula is C18H17NO4S. The maximum Gasteiger partial charge on any atom is 0.312 e. The lowest BCUT2D eigenvalue weighted by Gasteiger charge is -2.33. The minimum absolute atomic E-state index is 0.0812. The first kappa shape index (κ1) is 16.5. The Labute approximate surface area is 144 Å². The van der Waals surface area contributed by atoms with E-state index in [0.717, 1.165) is 0 Å². The van der Waals surface area contributed by atoms with Crippen LogP contribution in [0.2, 0.25) is 0 Å². The van der Waals surface area contributed by atoms with Gasteiger partial charge in [0.1, 0.15) is 0 Å². The summed E-state index contributed by atoms with van der Waals surface area (Å²) in [5, 5.41) is 8.85. The predicted molar refractivity (Wildman–Crippen MR) is 92.7 cm³/mol. The molecule has 1 aromatic rings. The summed E-state index contributed by atoms with van der Waals surface area (Å²) in [6.07, 6.45) is 6.96. The number of carbonyl (C=O) groups excluding carboxylic acids is 2. The number of carboxylic acid groups (broad SMARTS) is 1. The van der Waals surface area contributed by atoms with E-state index < -0.39 is 21.9 Å². The van der Waals surface area contributed by atoms with Gasteiger partial charge < -0.3 is 5.11 Å². The van der Waals surface area contributed by atoms with Crippen molar-refractivity contribution in [3.63, 3.8) is 0 Å². The maximum atomic E-state index is 12.7. The highest BCUT2D eigenvalue weighted by Gasteiger charge is 2.46. The molecule has 1 saturated heterocycles. The first-order chi connectivity index (χ1) is 11.4. The second-order valence-corrected chi connectivity index (χ2v) is 7.64. The third-order valence-electron chi connectivity index (χ3n) is 4.24. The summed E-state index contributed by atoms with van der Waals surface area (Å²) in [5.41, 5.74) is 0.551. The minimum Gasteiger partial charge on any atom is -0.481 e. The number of carbonyl (C=O) groups is 3. The Hall–Kier alpha value is -2.34. The average molecular weight is 343 g/mol. The summed E-state index contributed by atoms with van der Waals surface area (Å²) in [6.45, 7) is 1.79. The van der Waals surface area contributed by atoms with E-state index in [9.17, 15) is 19.5 Å². The van der Waals surface area contributed by atoms with Crippen LogP contribution in [0.1, 0.15) is 13.3 Å². The number of para-hydroxylation sites is 1. The van der Waals surface area contributed by atoms with Crippen molar-refractivity contribution < 1.29 is 19.5 Å². The van der Waals surface area contributed by atoms with Crippen molar-refractivity contribution in [1.82, 2.24) is 0 Å². The number of anilines is 1. The lowest BCUT2D eigenvalue weighted by molar-refractivity contribution is -0.140. The molecule has 0 aromatic heterocycles. The molecule has 2 amide bonds. The summed E-state index contributed by atoms with van der Waals surface area (Å²) < 4.78 is -0.770. The van der Waals surface area contributed by atoms with Crippen LogP contribution in [0.5, 0.6) is 0 Å². The van der Waals surface area contributed by atoms with Gasteiger partial charge in [0.05, 0.1) is 16.9 Å². The molecule has 1 aliphatic heterocycles. The molecule has 1 N–H and O–H groups in total. The van der Waals surface area contributed by atoms with Crippen LogP contribution in [0.15, 0.2) is 54.6 Å². The third-order valence-corrected chi connectivity index (χ3v) is 5.79. The second kappa shape index (κ2) is 6.28. The number of rotatable bonds is 4. The van der Waals surface area contributed by atoms with E-state index in [1.54, 1.807) is 55.5 Å². The average Bonchev–Trinajstić information content (AvgIpc) is 2.81. The summed E-state index contributed by atoms with van der Waals surface area (Å²) in [6, 6.07) is 8.79. The van der Waals surface area contributed by atoms with Crippen LogP contribution in [0.4, 0.5) is 5.69 Å². The molecule has 24 heavy (non-hydrogen) atoms. The monoisotopic (exact) mass is 343 g/mol. The van der Waals surface area contributed by atoms with Crippen LogP contribution >= 0.6 is 11.8 Å². The zero-order chi connectivity index (χ0) is 17.3. The van der Waals surface area contributed by atoms with Gasteiger partial charge in [-0.3, -0.25) is 14.4 Å². The van der Waals surface area contributed by atoms with Gasteiger partial charge >= 0.3 is 5.97 Å². The molecule has 3 rings (SSSR count). The number of thioether (sulfide) groups is 1. The molecule has 0 spiro atoms. The fraction of sp³-hybridized carbons (Fsp3) is 0.278. The van der Waals surface area contributed by atoms with E-state index in [1.807, 2.05) is 6.07 Å². The Morgan fingerprint density at radius 3 is 2.62 bits per heavy atom. The van der Waals surface area contributed by atoms with Crippen LogP contribution in [-0.2, 0) is 14.4 Å². The topological polar surface area (TPSA) is 74.7 Å². The Balaban J connectivity index is 1.83. The van der Waals surface area contributed by atoms with E-state index in [4.69, 9.17) is 0 Å². The number of hydrogen-bond donors (Lipinski definition) is 1. The van der Waals surface area contributed by atoms with Gasteiger partial charge in [-0.25, -0.2) is 4.90 Å². The number of carboxylic acids is 1. The SMILES string of the molecule is CC1(SC2CC(=O)N(c3ccccc3)C2=O)C=CC=CC1C(=O)O. The molecule has 1 heterocycles. The number of benzene rings is 1. The highest BCUT2D eigenvalue weighted by atomic mass is 32.2. The molecule has 5 nitrogen and oxygen atoms in total. The van der Waals surface area contributed by atoms with Crippen LogP contribution < -0.4 is 4.90 Å². The van der Waals surface area contributed by atoms with Gasteiger partial charge in [0.2, 0.25) is 11.8 Å². The summed E-state index contributed by atoms with van der Waals surface area (Å²) in [5.74, 6) is -2.22. The van der Waals surface area contributed by atoms with Crippen molar-refractivity contribution in [3.05, 3.63) is 54.6 Å². The third kappa shape index (κ3) is 2.89. The van der Waals surface area contributed by atoms with Crippen molar-refractivity contribution in [3.8, 4) is 0 Å². The molecule has 1 aromatic carbocycles. The van der Waals surface area contributed by atoms with Crippen molar-refractivity contribution in [2.75, 3.05) is 4.90 Å². The van der Waals surface area contributed by atoms with Gasteiger partial charge in [0.15, 0.2) is 0 Å². The predicted octanol–water partition coefficient (Wildman–Crippen LogP) is 2.64. The van der Waals surface area contributed by atoms with E-state index >= 15 is 0 Å². The fourth-order valence-corrected chi connectivity index (χ4v) is 4.54. The molecule has 0 saturated carbocycles. The number of amides is 2. The van der Waals surface area contributed by atoms with Crippen LogP contribution in [-0.4, -0.2) is 32.9 Å². The number of hydrogen-bond acceptors (Lipinski definition) is 4. The molecule has 1 fully saturated rings. The largest absolute Gasteiger partial charge is 0.481 e. The van der Waals surface area contributed by atoms with Crippen molar-refractivity contribution in [2.45, 2.75) is 23.3 Å². The van der Waals surface area contributed by atoms with Crippen LogP contribution in [0, 0.1) is 5.92 Å². The lowest BCUT2D eigenvalue weighted by Crippen LogP contribution is -2.38. The minimum atomic E-state index is -0.942. The van der Waals surface area contributed by atoms with Crippen molar-refractivity contribution >= 4 is 35.2 Å². The van der Waals surface area contributed by atoms with Gasteiger partial charge in [-0.15, -0.1) is 11.8 Å². The molecule has 2 aliphatic rings. The Bertz CT molecular complexity index is 743. The summed E-state index contributed by atoms with van der Waals surface area (Å²) in [7, 11) is 0. The van der Waals surface area contributed by atoms with E-state index in [0.29, 0.717) is 5.69 Å². The molecular weight excluding hydrogens is 326 g/mol. The van der Waals surface area contributed by atoms with Crippen LogP contribution in [0.3, 0.4) is 0 Å². The smallest absolute Gasteiger partial charge is 0.312 e. The number of aliphatic carboxylic acids is 1. The molecule has 6 heteroatoms. The highest BCUT2D eigenvalue weighted by molar-refractivity contribution is 8.02.